The third kappa shape index (κ3) is 4.77. The quantitative estimate of drug-likeness (QED) is 0.403. The predicted octanol–water partition coefficient (Wildman–Crippen LogP) is 4.23. The first-order valence-corrected chi connectivity index (χ1v) is 11.4. The number of ketones is 1. The second-order valence-corrected chi connectivity index (χ2v) is 10.0. The van der Waals surface area contributed by atoms with Gasteiger partial charge >= 0.3 is 5.97 Å². The van der Waals surface area contributed by atoms with Crippen LogP contribution in [0.1, 0.15) is 30.5 Å². The van der Waals surface area contributed by atoms with Crippen molar-refractivity contribution in [1.82, 2.24) is 0 Å². The Hall–Kier alpha value is -2.97. The summed E-state index contributed by atoms with van der Waals surface area (Å²) >= 11 is 1.33. The van der Waals surface area contributed by atoms with Crippen LogP contribution in [-0.4, -0.2) is 33.8 Å². The van der Waals surface area contributed by atoms with Gasteiger partial charge in [0, 0.05) is 11.9 Å². The fraction of sp³-hybridized carbons (Fsp3) is 0.182. The van der Waals surface area contributed by atoms with Crippen LogP contribution in [0.5, 0.6) is 0 Å². The number of ether oxygens (including phenoxy) is 1. The molecule has 0 amide bonds. The number of nitrogens with zero attached hydrogens (tertiary/aromatic N) is 1. The van der Waals surface area contributed by atoms with Gasteiger partial charge in [-0.05, 0) is 56.3 Å². The van der Waals surface area contributed by atoms with Gasteiger partial charge in [-0.2, -0.15) is 0 Å². The van der Waals surface area contributed by atoms with Crippen LogP contribution in [0.25, 0.3) is 0 Å². The molecular weight excluding hydrogens is 422 g/mol. The van der Waals surface area contributed by atoms with Gasteiger partial charge in [0.1, 0.15) is 0 Å². The highest BCUT2D eigenvalue weighted by Gasteiger charge is 2.23. The summed E-state index contributed by atoms with van der Waals surface area (Å²) in [7, 11) is -2.42. The molecular formula is C22H21NO5S2. The van der Waals surface area contributed by atoms with Crippen molar-refractivity contribution in [2.24, 2.45) is 0 Å². The Morgan fingerprint density at radius 3 is 2.33 bits per heavy atom. The van der Waals surface area contributed by atoms with Crippen molar-refractivity contribution in [1.29, 1.82) is 0 Å². The predicted molar refractivity (Wildman–Crippen MR) is 117 cm³/mol. The summed E-state index contributed by atoms with van der Waals surface area (Å²) < 4.78 is 32.2. The molecule has 0 aliphatic heterocycles. The molecule has 6 nitrogen and oxygen atoms in total. The van der Waals surface area contributed by atoms with Gasteiger partial charge in [-0.1, -0.05) is 23.8 Å². The van der Waals surface area contributed by atoms with Gasteiger partial charge in [0.25, 0.3) is 10.0 Å². The van der Waals surface area contributed by atoms with Crippen LogP contribution in [-0.2, 0) is 14.8 Å². The number of rotatable bonds is 7. The molecule has 0 radical (unpaired) electrons. The minimum atomic E-state index is -3.87. The highest BCUT2D eigenvalue weighted by Crippen LogP contribution is 2.23. The minimum absolute atomic E-state index is 0.0415. The van der Waals surface area contributed by atoms with E-state index < -0.39 is 22.6 Å². The van der Waals surface area contributed by atoms with E-state index in [1.807, 2.05) is 32.0 Å². The molecule has 1 aromatic heterocycles. The molecule has 0 atom stereocenters. The maximum Gasteiger partial charge on any atom is 0.338 e. The Kier molecular flexibility index (Phi) is 6.38. The summed E-state index contributed by atoms with van der Waals surface area (Å²) in [5.41, 5.74) is 1.58. The number of benzene rings is 2. The van der Waals surface area contributed by atoms with Crippen molar-refractivity contribution in [2.75, 3.05) is 18.0 Å². The van der Waals surface area contributed by atoms with Crippen molar-refractivity contribution >= 4 is 38.8 Å². The molecule has 0 aliphatic rings. The van der Waals surface area contributed by atoms with Crippen LogP contribution in [0.4, 0.5) is 5.69 Å². The van der Waals surface area contributed by atoms with Crippen molar-refractivity contribution in [3.8, 4) is 0 Å². The van der Waals surface area contributed by atoms with Crippen LogP contribution < -0.4 is 4.31 Å². The van der Waals surface area contributed by atoms with E-state index in [-0.39, 0.29) is 16.2 Å². The lowest BCUT2D eigenvalue weighted by molar-refractivity contribution is 0.0475. The van der Waals surface area contributed by atoms with Crippen LogP contribution in [0.15, 0.2) is 65.6 Å². The molecule has 2 aromatic carbocycles. The lowest BCUT2D eigenvalue weighted by atomic mass is 10.2. The third-order valence-electron chi connectivity index (χ3n) is 4.48. The first-order valence-electron chi connectivity index (χ1n) is 9.11. The van der Waals surface area contributed by atoms with E-state index in [1.54, 1.807) is 18.2 Å². The maximum atomic E-state index is 13.0. The number of sulfonamides is 1. The zero-order valence-electron chi connectivity index (χ0n) is 16.8. The lowest BCUT2D eigenvalue weighted by Crippen LogP contribution is -2.26. The van der Waals surface area contributed by atoms with E-state index in [1.165, 1.54) is 42.6 Å². The van der Waals surface area contributed by atoms with Gasteiger partial charge in [0.15, 0.2) is 6.61 Å². The molecule has 3 aromatic rings. The summed E-state index contributed by atoms with van der Waals surface area (Å²) in [6, 6.07) is 16.2. The molecule has 0 saturated carbocycles. The van der Waals surface area contributed by atoms with Crippen molar-refractivity contribution in [3.05, 3.63) is 81.5 Å². The summed E-state index contributed by atoms with van der Waals surface area (Å²) in [5, 5.41) is 0. The molecule has 0 N–H and O–H groups in total. The zero-order chi connectivity index (χ0) is 21.9. The van der Waals surface area contributed by atoms with Crippen LogP contribution in [0.2, 0.25) is 0 Å². The Bertz CT molecular complexity index is 1180. The number of Topliss-reactive ketones (excluding diaryl/α,β-unsaturated/α-hetero) is 1. The summed E-state index contributed by atoms with van der Waals surface area (Å²) in [4.78, 5) is 25.9. The van der Waals surface area contributed by atoms with Crippen LogP contribution in [0, 0.1) is 13.8 Å². The van der Waals surface area contributed by atoms with E-state index >= 15 is 0 Å². The lowest BCUT2D eigenvalue weighted by Gasteiger charge is -2.20. The molecule has 0 fully saturated rings. The molecule has 8 heteroatoms. The highest BCUT2D eigenvalue weighted by molar-refractivity contribution is 7.92. The van der Waals surface area contributed by atoms with Crippen LogP contribution in [0.3, 0.4) is 0 Å². The molecule has 0 bridgehead atoms. The number of hydrogen-bond acceptors (Lipinski definition) is 6. The average molecular weight is 444 g/mol. The van der Waals surface area contributed by atoms with E-state index in [4.69, 9.17) is 4.74 Å². The van der Waals surface area contributed by atoms with E-state index in [2.05, 4.69) is 0 Å². The van der Waals surface area contributed by atoms with Gasteiger partial charge < -0.3 is 4.74 Å². The van der Waals surface area contributed by atoms with E-state index in [9.17, 15) is 18.0 Å². The largest absolute Gasteiger partial charge is 0.454 e. The molecule has 0 spiro atoms. The Labute approximate surface area is 179 Å². The molecule has 0 saturated heterocycles. The number of carbonyl (C=O) groups excluding carboxylic acids is 2. The van der Waals surface area contributed by atoms with Crippen LogP contribution >= 0.6 is 11.3 Å². The number of aryl methyl sites for hydroxylation is 2. The van der Waals surface area contributed by atoms with E-state index in [0.717, 1.165) is 14.7 Å². The molecule has 1 heterocycles. The Morgan fingerprint density at radius 1 is 1.00 bits per heavy atom. The van der Waals surface area contributed by atoms with Gasteiger partial charge in [0.2, 0.25) is 5.78 Å². The summed E-state index contributed by atoms with van der Waals surface area (Å²) in [6.07, 6.45) is 0. The summed E-state index contributed by atoms with van der Waals surface area (Å²) in [6.45, 7) is 3.39. The first-order chi connectivity index (χ1) is 14.2. The molecule has 3 rings (SSSR count). The molecule has 30 heavy (non-hydrogen) atoms. The molecule has 0 aliphatic carbocycles. The number of anilines is 1. The number of esters is 1. The first kappa shape index (κ1) is 21.7. The summed E-state index contributed by atoms with van der Waals surface area (Å²) in [5.74, 6) is -1.06. The second kappa shape index (κ2) is 8.81. The van der Waals surface area contributed by atoms with Crippen molar-refractivity contribution in [3.63, 3.8) is 0 Å². The zero-order valence-corrected chi connectivity index (χ0v) is 18.4. The fourth-order valence-electron chi connectivity index (χ4n) is 2.71. The van der Waals surface area contributed by atoms with Crippen molar-refractivity contribution in [2.45, 2.75) is 18.7 Å². The van der Waals surface area contributed by atoms with E-state index in [0.29, 0.717) is 10.6 Å². The average Bonchev–Trinajstić information content (AvgIpc) is 3.18. The standard InChI is InChI=1S/C22H21NO5S2/c1-15-7-10-18(11-8-15)23(3)30(26,27)19-6-4-5-17(13-19)22(25)28-14-20(24)21-12-9-16(2)29-21/h4-13H,14H2,1-3H3. The number of hydrogen-bond donors (Lipinski definition) is 0. The van der Waals surface area contributed by atoms with Gasteiger partial charge in [-0.15, -0.1) is 11.3 Å². The fourth-order valence-corrected chi connectivity index (χ4v) is 4.74. The number of thiophene rings is 1. The Morgan fingerprint density at radius 2 is 1.70 bits per heavy atom. The normalized spacial score (nSPS) is 11.2. The minimum Gasteiger partial charge on any atom is -0.454 e. The monoisotopic (exact) mass is 443 g/mol. The Balaban J connectivity index is 1.75. The van der Waals surface area contributed by atoms with Gasteiger partial charge in [-0.25, -0.2) is 13.2 Å². The van der Waals surface area contributed by atoms with Gasteiger partial charge in [-0.3, -0.25) is 9.10 Å². The molecule has 0 unspecified atom stereocenters. The SMILES string of the molecule is Cc1ccc(N(C)S(=O)(=O)c2cccc(C(=O)OCC(=O)c3ccc(C)s3)c2)cc1. The highest BCUT2D eigenvalue weighted by atomic mass is 32.2. The molecule has 156 valence electrons. The van der Waals surface area contributed by atoms with Gasteiger partial charge in [0.05, 0.1) is 21.0 Å². The van der Waals surface area contributed by atoms with Crippen molar-refractivity contribution < 1.29 is 22.7 Å². The topological polar surface area (TPSA) is 80.8 Å². The second-order valence-electron chi connectivity index (χ2n) is 6.75. The maximum absolute atomic E-state index is 13.0. The number of carbonyl (C=O) groups is 2. The smallest absolute Gasteiger partial charge is 0.338 e. The third-order valence-corrected chi connectivity index (χ3v) is 7.30.